The van der Waals surface area contributed by atoms with Crippen molar-refractivity contribution < 1.29 is 14.6 Å². The van der Waals surface area contributed by atoms with Gasteiger partial charge in [-0.2, -0.15) is 0 Å². The van der Waals surface area contributed by atoms with Crippen LogP contribution in [0.5, 0.6) is 0 Å². The molecule has 2 aromatic carbocycles. The van der Waals surface area contributed by atoms with Crippen molar-refractivity contribution in [3.63, 3.8) is 0 Å². The van der Waals surface area contributed by atoms with E-state index in [2.05, 4.69) is 4.74 Å². The molecule has 0 heterocycles. The molecule has 0 saturated heterocycles. The number of ether oxygens (including phenoxy) is 1. The molecule has 0 bridgehead atoms. The van der Waals surface area contributed by atoms with Crippen LogP contribution in [0.1, 0.15) is 15.9 Å². The van der Waals surface area contributed by atoms with Gasteiger partial charge in [-0.25, -0.2) is 4.79 Å². The third kappa shape index (κ3) is 3.90. The van der Waals surface area contributed by atoms with Crippen molar-refractivity contribution in [3.8, 4) is 11.1 Å². The molecule has 110 valence electrons. The third-order valence-corrected chi connectivity index (χ3v) is 3.33. The lowest BCUT2D eigenvalue weighted by atomic mass is 10.0. The predicted molar refractivity (Wildman–Crippen MR) is 82.0 cm³/mol. The molecule has 1 atom stereocenters. The molecule has 0 saturated carbocycles. The predicted octanol–water partition coefficient (Wildman–Crippen LogP) is 2.00. The molecule has 0 aliphatic carbocycles. The molecule has 0 amide bonds. The number of carbonyl (C=O) groups excluding carboxylic acids is 1. The van der Waals surface area contributed by atoms with Crippen LogP contribution in [0.4, 0.5) is 0 Å². The van der Waals surface area contributed by atoms with E-state index in [-0.39, 0.29) is 18.6 Å². The monoisotopic (exact) mass is 285 g/mol. The number of hydrogen-bond acceptors (Lipinski definition) is 4. The fourth-order valence-corrected chi connectivity index (χ4v) is 2.12. The molecule has 21 heavy (non-hydrogen) atoms. The molecule has 2 rings (SSSR count). The second kappa shape index (κ2) is 7.02. The van der Waals surface area contributed by atoms with Crippen LogP contribution in [-0.2, 0) is 11.2 Å². The lowest BCUT2D eigenvalue weighted by molar-refractivity contribution is 0.0601. The molecular weight excluding hydrogens is 266 g/mol. The Morgan fingerprint density at radius 3 is 2.10 bits per heavy atom. The summed E-state index contributed by atoms with van der Waals surface area (Å²) in [6.45, 7) is -0.0171. The molecule has 2 aromatic rings. The van der Waals surface area contributed by atoms with Crippen molar-refractivity contribution in [3.05, 3.63) is 59.7 Å². The van der Waals surface area contributed by atoms with Crippen LogP contribution in [0.25, 0.3) is 11.1 Å². The summed E-state index contributed by atoms with van der Waals surface area (Å²) in [5, 5.41) is 8.96. The first kappa shape index (κ1) is 15.2. The number of aliphatic hydroxyl groups is 1. The van der Waals surface area contributed by atoms with Crippen LogP contribution >= 0.6 is 0 Å². The molecule has 0 fully saturated rings. The highest BCUT2D eigenvalue weighted by Crippen LogP contribution is 2.21. The van der Waals surface area contributed by atoms with Gasteiger partial charge in [0, 0.05) is 6.04 Å². The topological polar surface area (TPSA) is 72.5 Å². The van der Waals surface area contributed by atoms with Crippen molar-refractivity contribution in [2.75, 3.05) is 13.7 Å². The highest BCUT2D eigenvalue weighted by Gasteiger charge is 2.06. The highest BCUT2D eigenvalue weighted by molar-refractivity contribution is 5.89. The number of carbonyl (C=O) groups is 1. The van der Waals surface area contributed by atoms with E-state index >= 15 is 0 Å². The summed E-state index contributed by atoms with van der Waals surface area (Å²) >= 11 is 0. The van der Waals surface area contributed by atoms with E-state index in [0.29, 0.717) is 12.0 Å². The molecule has 1 unspecified atom stereocenters. The van der Waals surface area contributed by atoms with Crippen LogP contribution in [0.2, 0.25) is 0 Å². The normalized spacial score (nSPS) is 12.0. The Bertz CT molecular complexity index is 590. The minimum Gasteiger partial charge on any atom is -0.465 e. The maximum atomic E-state index is 11.4. The van der Waals surface area contributed by atoms with E-state index in [9.17, 15) is 4.79 Å². The van der Waals surface area contributed by atoms with Crippen LogP contribution in [0, 0.1) is 0 Å². The molecule has 4 nitrogen and oxygen atoms in total. The second-order valence-electron chi connectivity index (χ2n) is 4.91. The smallest absolute Gasteiger partial charge is 0.337 e. The van der Waals surface area contributed by atoms with Crippen molar-refractivity contribution in [1.82, 2.24) is 0 Å². The zero-order chi connectivity index (χ0) is 15.2. The van der Waals surface area contributed by atoms with Gasteiger partial charge < -0.3 is 15.6 Å². The molecule has 4 heteroatoms. The van der Waals surface area contributed by atoms with Crippen molar-refractivity contribution in [2.45, 2.75) is 12.5 Å². The van der Waals surface area contributed by atoms with E-state index in [4.69, 9.17) is 10.8 Å². The fourth-order valence-electron chi connectivity index (χ4n) is 2.12. The number of methoxy groups -OCH3 is 1. The number of esters is 1. The Hall–Kier alpha value is -2.17. The highest BCUT2D eigenvalue weighted by atomic mass is 16.5. The first-order valence-electron chi connectivity index (χ1n) is 6.78. The van der Waals surface area contributed by atoms with E-state index < -0.39 is 0 Å². The average Bonchev–Trinajstić information content (AvgIpc) is 2.55. The first-order valence-corrected chi connectivity index (χ1v) is 6.78. The summed E-state index contributed by atoms with van der Waals surface area (Å²) in [5.74, 6) is -0.338. The number of rotatable bonds is 5. The lowest BCUT2D eigenvalue weighted by Gasteiger charge is -2.09. The number of benzene rings is 2. The third-order valence-electron chi connectivity index (χ3n) is 3.33. The van der Waals surface area contributed by atoms with Crippen LogP contribution in [0.15, 0.2) is 48.5 Å². The van der Waals surface area contributed by atoms with E-state index in [0.717, 1.165) is 16.7 Å². The molecule has 0 aliphatic heterocycles. The molecule has 0 radical (unpaired) electrons. The van der Waals surface area contributed by atoms with Crippen molar-refractivity contribution in [1.29, 1.82) is 0 Å². The fraction of sp³-hybridized carbons (Fsp3) is 0.235. The van der Waals surface area contributed by atoms with E-state index in [1.807, 2.05) is 36.4 Å². The molecule has 0 aromatic heterocycles. The van der Waals surface area contributed by atoms with Gasteiger partial charge in [-0.3, -0.25) is 0 Å². The summed E-state index contributed by atoms with van der Waals surface area (Å²) in [4.78, 5) is 11.4. The summed E-state index contributed by atoms with van der Waals surface area (Å²) < 4.78 is 4.67. The maximum absolute atomic E-state index is 11.4. The summed E-state index contributed by atoms with van der Waals surface area (Å²) in [5.41, 5.74) is 9.43. The van der Waals surface area contributed by atoms with Crippen LogP contribution in [0.3, 0.4) is 0 Å². The van der Waals surface area contributed by atoms with Gasteiger partial charge in [-0.1, -0.05) is 36.4 Å². The Morgan fingerprint density at radius 2 is 1.62 bits per heavy atom. The first-order chi connectivity index (χ1) is 10.1. The Kier molecular flexibility index (Phi) is 5.09. The summed E-state index contributed by atoms with van der Waals surface area (Å²) in [6.07, 6.45) is 0.651. The van der Waals surface area contributed by atoms with Gasteiger partial charge in [-0.15, -0.1) is 0 Å². The van der Waals surface area contributed by atoms with Gasteiger partial charge >= 0.3 is 5.97 Å². The standard InChI is InChI=1S/C17H19NO3/c1-21-17(20)15-8-6-14(7-9-15)13-4-2-12(3-5-13)10-16(18)11-19/h2-9,16,19H,10-11,18H2,1H3. The quantitative estimate of drug-likeness (QED) is 0.824. The summed E-state index contributed by atoms with van der Waals surface area (Å²) in [7, 11) is 1.37. The molecular formula is C17H19NO3. The number of nitrogens with two attached hydrogens (primary N) is 1. The van der Waals surface area contributed by atoms with Gasteiger partial charge in [0.25, 0.3) is 0 Å². The number of aliphatic hydroxyl groups excluding tert-OH is 1. The zero-order valence-corrected chi connectivity index (χ0v) is 12.0. The van der Waals surface area contributed by atoms with E-state index in [1.54, 1.807) is 12.1 Å². The zero-order valence-electron chi connectivity index (χ0n) is 12.0. The van der Waals surface area contributed by atoms with Gasteiger partial charge in [0.2, 0.25) is 0 Å². The Morgan fingerprint density at radius 1 is 1.10 bits per heavy atom. The maximum Gasteiger partial charge on any atom is 0.337 e. The van der Waals surface area contributed by atoms with Crippen molar-refractivity contribution in [2.24, 2.45) is 5.73 Å². The minimum atomic E-state index is -0.338. The number of hydrogen-bond donors (Lipinski definition) is 2. The molecule has 3 N–H and O–H groups in total. The molecule has 0 spiro atoms. The Balaban J connectivity index is 2.13. The van der Waals surface area contributed by atoms with E-state index in [1.165, 1.54) is 7.11 Å². The lowest BCUT2D eigenvalue weighted by Crippen LogP contribution is -2.26. The largest absolute Gasteiger partial charge is 0.465 e. The van der Waals surface area contributed by atoms with Crippen LogP contribution in [-0.4, -0.2) is 30.8 Å². The van der Waals surface area contributed by atoms with Gasteiger partial charge in [0.15, 0.2) is 0 Å². The van der Waals surface area contributed by atoms with Gasteiger partial charge in [-0.05, 0) is 35.2 Å². The van der Waals surface area contributed by atoms with Crippen LogP contribution < -0.4 is 5.73 Å². The minimum absolute atomic E-state index is 0.0171. The van der Waals surface area contributed by atoms with Gasteiger partial charge in [0.1, 0.15) is 0 Å². The molecule has 0 aliphatic rings. The average molecular weight is 285 g/mol. The van der Waals surface area contributed by atoms with Crippen molar-refractivity contribution >= 4 is 5.97 Å². The Labute approximate surface area is 124 Å². The summed E-state index contributed by atoms with van der Waals surface area (Å²) in [6, 6.07) is 15.1. The second-order valence-corrected chi connectivity index (χ2v) is 4.91. The SMILES string of the molecule is COC(=O)c1ccc(-c2ccc(CC(N)CO)cc2)cc1. The van der Waals surface area contributed by atoms with Gasteiger partial charge in [0.05, 0.1) is 19.3 Å².